The van der Waals surface area contributed by atoms with Gasteiger partial charge in [0.05, 0.1) is 17.7 Å². The van der Waals surface area contributed by atoms with Crippen molar-refractivity contribution in [2.24, 2.45) is 0 Å². The molecule has 1 rings (SSSR count). The van der Waals surface area contributed by atoms with Crippen molar-refractivity contribution in [1.82, 2.24) is 5.16 Å². The van der Waals surface area contributed by atoms with E-state index < -0.39 is 6.10 Å². The number of nitrogens with zero attached hydrogens (tertiary/aromatic N) is 1. The van der Waals surface area contributed by atoms with Crippen molar-refractivity contribution >= 4 is 11.6 Å². The Balaban J connectivity index is 3.00. The number of hydrogen-bond acceptors (Lipinski definition) is 3. The number of hydrogen-bond donors (Lipinski definition) is 1. The van der Waals surface area contributed by atoms with Crippen LogP contribution in [0.25, 0.3) is 0 Å². The van der Waals surface area contributed by atoms with Gasteiger partial charge in [0, 0.05) is 5.56 Å². The summed E-state index contributed by atoms with van der Waals surface area (Å²) >= 11 is 5.47. The third kappa shape index (κ3) is 1.54. The predicted molar refractivity (Wildman–Crippen MR) is 41.7 cm³/mol. The van der Waals surface area contributed by atoms with Crippen molar-refractivity contribution in [3.05, 3.63) is 17.0 Å². The van der Waals surface area contributed by atoms with E-state index in [0.717, 1.165) is 0 Å². The molecule has 1 aromatic heterocycles. The number of aliphatic hydroxyl groups is 1. The number of aryl methyl sites for hydroxylation is 2. The average Bonchev–Trinajstić information content (AvgIpc) is 2.30. The van der Waals surface area contributed by atoms with E-state index in [4.69, 9.17) is 16.1 Å². The van der Waals surface area contributed by atoms with Crippen LogP contribution in [0.4, 0.5) is 0 Å². The van der Waals surface area contributed by atoms with Gasteiger partial charge in [0.15, 0.2) is 0 Å². The zero-order chi connectivity index (χ0) is 8.43. The van der Waals surface area contributed by atoms with Gasteiger partial charge in [-0.25, -0.2) is 0 Å². The summed E-state index contributed by atoms with van der Waals surface area (Å²) in [6, 6.07) is 0. The second-order valence-electron chi connectivity index (χ2n) is 2.41. The van der Waals surface area contributed by atoms with Crippen molar-refractivity contribution < 1.29 is 9.63 Å². The Morgan fingerprint density at radius 1 is 1.64 bits per heavy atom. The van der Waals surface area contributed by atoms with Crippen LogP contribution in [-0.4, -0.2) is 16.1 Å². The van der Waals surface area contributed by atoms with Crippen LogP contribution in [0.1, 0.15) is 23.1 Å². The van der Waals surface area contributed by atoms with Crippen LogP contribution >= 0.6 is 11.6 Å². The van der Waals surface area contributed by atoms with E-state index >= 15 is 0 Å². The highest BCUT2D eigenvalue weighted by Gasteiger charge is 2.16. The lowest BCUT2D eigenvalue weighted by Gasteiger charge is -2.03. The Hall–Kier alpha value is -0.540. The largest absolute Gasteiger partial charge is 0.387 e. The van der Waals surface area contributed by atoms with E-state index in [1.165, 1.54) is 0 Å². The Morgan fingerprint density at radius 2 is 2.27 bits per heavy atom. The molecule has 4 heteroatoms. The van der Waals surface area contributed by atoms with Crippen molar-refractivity contribution in [1.29, 1.82) is 0 Å². The van der Waals surface area contributed by atoms with Crippen molar-refractivity contribution in [3.8, 4) is 0 Å². The lowest BCUT2D eigenvalue weighted by Crippen LogP contribution is -2.00. The summed E-state index contributed by atoms with van der Waals surface area (Å²) in [6.45, 7) is 3.53. The number of aliphatic hydroxyl groups excluding tert-OH is 1. The van der Waals surface area contributed by atoms with Crippen LogP contribution in [-0.2, 0) is 0 Å². The van der Waals surface area contributed by atoms with Crippen LogP contribution < -0.4 is 0 Å². The first-order chi connectivity index (χ1) is 5.16. The molecule has 0 saturated heterocycles. The molecule has 0 aromatic carbocycles. The third-order valence-corrected chi connectivity index (χ3v) is 1.86. The average molecular weight is 176 g/mol. The van der Waals surface area contributed by atoms with E-state index in [-0.39, 0.29) is 5.88 Å². The second kappa shape index (κ2) is 3.24. The molecule has 1 atom stereocenters. The van der Waals surface area contributed by atoms with Gasteiger partial charge in [0.2, 0.25) is 0 Å². The Bertz CT molecular complexity index is 227. The molecule has 0 radical (unpaired) electrons. The molecule has 1 N–H and O–H groups in total. The summed E-state index contributed by atoms with van der Waals surface area (Å²) in [5, 5.41) is 13.0. The van der Waals surface area contributed by atoms with Crippen LogP contribution in [0.5, 0.6) is 0 Å². The minimum absolute atomic E-state index is 0.170. The molecule has 3 nitrogen and oxygen atoms in total. The molecule has 0 spiro atoms. The first-order valence-corrected chi connectivity index (χ1v) is 3.87. The fraction of sp³-hybridized carbons (Fsp3) is 0.571. The van der Waals surface area contributed by atoms with Crippen LogP contribution in [0.15, 0.2) is 4.52 Å². The fourth-order valence-electron chi connectivity index (χ4n) is 1.04. The van der Waals surface area contributed by atoms with Crippen LogP contribution in [0.3, 0.4) is 0 Å². The maximum Gasteiger partial charge on any atom is 0.139 e. The minimum Gasteiger partial charge on any atom is -0.387 e. The molecule has 0 fully saturated rings. The maximum absolute atomic E-state index is 9.35. The molecular weight excluding hydrogens is 166 g/mol. The van der Waals surface area contributed by atoms with Crippen molar-refractivity contribution in [3.63, 3.8) is 0 Å². The molecule has 1 heterocycles. The van der Waals surface area contributed by atoms with Gasteiger partial charge in [0.1, 0.15) is 5.76 Å². The lowest BCUT2D eigenvalue weighted by atomic mass is 10.1. The number of alkyl halides is 1. The van der Waals surface area contributed by atoms with E-state index in [9.17, 15) is 5.11 Å². The van der Waals surface area contributed by atoms with Gasteiger partial charge in [-0.1, -0.05) is 5.16 Å². The molecule has 0 aliphatic heterocycles. The molecule has 0 saturated carbocycles. The zero-order valence-corrected chi connectivity index (χ0v) is 7.22. The number of aromatic nitrogens is 1. The quantitative estimate of drug-likeness (QED) is 0.694. The Kier molecular flexibility index (Phi) is 2.52. The molecule has 1 aromatic rings. The Labute approximate surface area is 70.0 Å². The van der Waals surface area contributed by atoms with E-state index in [1.807, 2.05) is 0 Å². The van der Waals surface area contributed by atoms with Gasteiger partial charge in [-0.15, -0.1) is 11.6 Å². The maximum atomic E-state index is 9.35. The number of halogens is 1. The van der Waals surface area contributed by atoms with Gasteiger partial charge >= 0.3 is 0 Å². The van der Waals surface area contributed by atoms with E-state index in [2.05, 4.69) is 5.16 Å². The van der Waals surface area contributed by atoms with Gasteiger partial charge < -0.3 is 9.63 Å². The molecule has 0 bridgehead atoms. The summed E-state index contributed by atoms with van der Waals surface area (Å²) in [4.78, 5) is 0. The van der Waals surface area contributed by atoms with E-state index in [1.54, 1.807) is 13.8 Å². The molecule has 0 aliphatic carbocycles. The molecular formula is C7H10ClNO2. The normalized spacial score (nSPS) is 13.5. The zero-order valence-electron chi connectivity index (χ0n) is 6.47. The van der Waals surface area contributed by atoms with Gasteiger partial charge in [0.25, 0.3) is 0 Å². The van der Waals surface area contributed by atoms with Crippen LogP contribution in [0, 0.1) is 13.8 Å². The summed E-state index contributed by atoms with van der Waals surface area (Å²) in [5.41, 5.74) is 1.41. The smallest absolute Gasteiger partial charge is 0.139 e. The summed E-state index contributed by atoms with van der Waals surface area (Å²) in [7, 11) is 0. The van der Waals surface area contributed by atoms with Crippen molar-refractivity contribution in [2.45, 2.75) is 20.0 Å². The topological polar surface area (TPSA) is 46.3 Å². The standard InChI is InChI=1S/C7H10ClNO2/c1-4-7(6(10)3-8)5(2)11-9-4/h6,10H,3H2,1-2H3. The van der Waals surface area contributed by atoms with E-state index in [0.29, 0.717) is 17.0 Å². The molecule has 0 amide bonds. The van der Waals surface area contributed by atoms with Crippen molar-refractivity contribution in [2.75, 3.05) is 5.88 Å². The summed E-state index contributed by atoms with van der Waals surface area (Å²) in [5.74, 6) is 0.804. The molecule has 1 unspecified atom stereocenters. The fourth-order valence-corrected chi connectivity index (χ4v) is 1.20. The van der Waals surface area contributed by atoms with Gasteiger partial charge in [-0.2, -0.15) is 0 Å². The predicted octanol–water partition coefficient (Wildman–Crippen LogP) is 1.56. The molecule has 62 valence electrons. The highest BCUT2D eigenvalue weighted by molar-refractivity contribution is 6.18. The van der Waals surface area contributed by atoms with Crippen LogP contribution in [0.2, 0.25) is 0 Å². The third-order valence-electron chi connectivity index (χ3n) is 1.57. The Morgan fingerprint density at radius 3 is 2.64 bits per heavy atom. The summed E-state index contributed by atoms with van der Waals surface area (Å²) < 4.78 is 4.85. The number of rotatable bonds is 2. The minimum atomic E-state index is -0.664. The first-order valence-electron chi connectivity index (χ1n) is 3.33. The molecule has 11 heavy (non-hydrogen) atoms. The molecule has 0 aliphatic rings. The first kappa shape index (κ1) is 8.56. The monoisotopic (exact) mass is 175 g/mol. The second-order valence-corrected chi connectivity index (χ2v) is 2.72. The van der Waals surface area contributed by atoms with Gasteiger partial charge in [-0.05, 0) is 13.8 Å². The van der Waals surface area contributed by atoms with Gasteiger partial charge in [-0.3, -0.25) is 0 Å². The lowest BCUT2D eigenvalue weighted by molar-refractivity contribution is 0.199. The SMILES string of the molecule is Cc1noc(C)c1C(O)CCl. The highest BCUT2D eigenvalue weighted by atomic mass is 35.5. The summed E-state index contributed by atoms with van der Waals surface area (Å²) in [6.07, 6.45) is -0.664. The highest BCUT2D eigenvalue weighted by Crippen LogP contribution is 2.21.